The number of rotatable bonds is 4. The van der Waals surface area contributed by atoms with Crippen LogP contribution in [0.5, 0.6) is 0 Å². The zero-order valence-electron chi connectivity index (χ0n) is 9.32. The van der Waals surface area contributed by atoms with E-state index in [2.05, 4.69) is 20.7 Å². The second-order valence-corrected chi connectivity index (χ2v) is 3.50. The van der Waals surface area contributed by atoms with E-state index in [0.29, 0.717) is 11.4 Å². The van der Waals surface area contributed by atoms with Gasteiger partial charge in [0.05, 0.1) is 0 Å². The molecule has 5 nitrogen and oxygen atoms in total. The number of nitrogen functional groups attached to an aromatic ring is 1. The van der Waals surface area contributed by atoms with Crippen LogP contribution in [-0.4, -0.2) is 9.97 Å². The first-order valence-corrected chi connectivity index (χ1v) is 5.16. The number of aromatic nitrogens is 2. The molecule has 7 heteroatoms. The molecule has 0 fully saturated rings. The molecule has 0 saturated heterocycles. The molecule has 1 aromatic carbocycles. The molecular formula is C11H11F2N5. The lowest BCUT2D eigenvalue weighted by molar-refractivity contribution is 0.574. The van der Waals surface area contributed by atoms with Crippen molar-refractivity contribution in [1.29, 1.82) is 0 Å². The minimum absolute atomic E-state index is 0.188. The van der Waals surface area contributed by atoms with Gasteiger partial charge in [-0.05, 0) is 12.1 Å². The topological polar surface area (TPSA) is 75.9 Å². The van der Waals surface area contributed by atoms with Crippen LogP contribution in [0, 0.1) is 11.6 Å². The molecule has 0 amide bonds. The number of hydrazine groups is 1. The number of hydrogen-bond acceptors (Lipinski definition) is 5. The Morgan fingerprint density at radius 2 is 2.06 bits per heavy atom. The van der Waals surface area contributed by atoms with Gasteiger partial charge in [-0.15, -0.1) is 0 Å². The molecule has 1 heterocycles. The maximum absolute atomic E-state index is 13.4. The SMILES string of the molecule is NNc1nccc(NCc2ccc(F)cc2F)n1. The molecule has 94 valence electrons. The Bertz CT molecular complexity index is 547. The Balaban J connectivity index is 2.06. The Morgan fingerprint density at radius 1 is 1.22 bits per heavy atom. The number of nitrogens with two attached hydrogens (primary N) is 1. The van der Waals surface area contributed by atoms with Crippen LogP contribution < -0.4 is 16.6 Å². The highest BCUT2D eigenvalue weighted by molar-refractivity contribution is 5.39. The number of anilines is 2. The van der Waals surface area contributed by atoms with Crippen molar-refractivity contribution in [2.45, 2.75) is 6.54 Å². The fourth-order valence-electron chi connectivity index (χ4n) is 1.38. The standard InChI is InChI=1S/C11H11F2N5/c12-8-2-1-7(9(13)5-8)6-16-10-3-4-15-11(17-10)18-14/h1-5H,6,14H2,(H2,15,16,17,18). The average molecular weight is 251 g/mol. The van der Waals surface area contributed by atoms with Crippen molar-refractivity contribution in [3.05, 3.63) is 47.7 Å². The number of halogens is 2. The lowest BCUT2D eigenvalue weighted by Crippen LogP contribution is -2.11. The molecule has 0 aliphatic heterocycles. The van der Waals surface area contributed by atoms with Gasteiger partial charge in [0.25, 0.3) is 0 Å². The van der Waals surface area contributed by atoms with Gasteiger partial charge in [0, 0.05) is 24.4 Å². The van der Waals surface area contributed by atoms with Crippen LogP contribution in [0.1, 0.15) is 5.56 Å². The normalized spacial score (nSPS) is 10.2. The zero-order chi connectivity index (χ0) is 13.0. The van der Waals surface area contributed by atoms with Crippen LogP contribution in [0.3, 0.4) is 0 Å². The van der Waals surface area contributed by atoms with E-state index < -0.39 is 11.6 Å². The molecule has 2 aromatic rings. The maximum atomic E-state index is 13.4. The smallest absolute Gasteiger partial charge is 0.239 e. The third kappa shape index (κ3) is 2.89. The Labute approximate surface area is 102 Å². The second kappa shape index (κ2) is 5.37. The first-order chi connectivity index (χ1) is 8.69. The summed E-state index contributed by atoms with van der Waals surface area (Å²) in [6.07, 6.45) is 1.51. The van der Waals surface area contributed by atoms with Crippen molar-refractivity contribution in [2.75, 3.05) is 10.7 Å². The molecule has 0 atom stereocenters. The van der Waals surface area contributed by atoms with Crippen molar-refractivity contribution < 1.29 is 8.78 Å². The van der Waals surface area contributed by atoms with Crippen LogP contribution in [0.15, 0.2) is 30.5 Å². The first-order valence-electron chi connectivity index (χ1n) is 5.16. The van der Waals surface area contributed by atoms with Gasteiger partial charge >= 0.3 is 0 Å². The summed E-state index contributed by atoms with van der Waals surface area (Å²) in [6, 6.07) is 5.03. The maximum Gasteiger partial charge on any atom is 0.239 e. The molecule has 4 N–H and O–H groups in total. The van der Waals surface area contributed by atoms with Crippen LogP contribution >= 0.6 is 0 Å². The Morgan fingerprint density at radius 3 is 2.78 bits per heavy atom. The van der Waals surface area contributed by atoms with Crippen LogP contribution in [0.4, 0.5) is 20.5 Å². The predicted molar refractivity (Wildman–Crippen MR) is 63.5 cm³/mol. The largest absolute Gasteiger partial charge is 0.366 e. The summed E-state index contributed by atoms with van der Waals surface area (Å²) in [4.78, 5) is 7.83. The van der Waals surface area contributed by atoms with E-state index in [-0.39, 0.29) is 12.5 Å². The number of benzene rings is 1. The first kappa shape index (κ1) is 12.2. The quantitative estimate of drug-likeness (QED) is 0.569. The van der Waals surface area contributed by atoms with Gasteiger partial charge < -0.3 is 5.32 Å². The van der Waals surface area contributed by atoms with Crippen molar-refractivity contribution in [1.82, 2.24) is 9.97 Å². The van der Waals surface area contributed by atoms with Crippen LogP contribution in [-0.2, 0) is 6.54 Å². The summed E-state index contributed by atoms with van der Waals surface area (Å²) < 4.78 is 26.1. The average Bonchev–Trinajstić information content (AvgIpc) is 2.38. The van der Waals surface area contributed by atoms with Gasteiger partial charge in [-0.3, -0.25) is 5.43 Å². The van der Waals surface area contributed by atoms with Gasteiger partial charge in [-0.2, -0.15) is 4.98 Å². The van der Waals surface area contributed by atoms with Crippen molar-refractivity contribution >= 4 is 11.8 Å². The molecule has 0 radical (unpaired) electrons. The van der Waals surface area contributed by atoms with Crippen molar-refractivity contribution in [3.8, 4) is 0 Å². The van der Waals surface area contributed by atoms with Crippen molar-refractivity contribution in [2.24, 2.45) is 5.84 Å². The molecule has 2 rings (SSSR count). The summed E-state index contributed by atoms with van der Waals surface area (Å²) in [7, 11) is 0. The van der Waals surface area contributed by atoms with E-state index >= 15 is 0 Å². The van der Waals surface area contributed by atoms with E-state index in [1.165, 1.54) is 18.3 Å². The molecule has 0 saturated carbocycles. The Kier molecular flexibility index (Phi) is 3.63. The summed E-state index contributed by atoms with van der Waals surface area (Å²) in [5.41, 5.74) is 2.64. The van der Waals surface area contributed by atoms with Gasteiger partial charge in [0.2, 0.25) is 5.95 Å². The molecule has 0 aliphatic carbocycles. The van der Waals surface area contributed by atoms with Crippen LogP contribution in [0.25, 0.3) is 0 Å². The molecule has 18 heavy (non-hydrogen) atoms. The van der Waals surface area contributed by atoms with E-state index in [0.717, 1.165) is 6.07 Å². The van der Waals surface area contributed by atoms with Gasteiger partial charge in [0.15, 0.2) is 0 Å². The summed E-state index contributed by atoms with van der Waals surface area (Å²) >= 11 is 0. The molecule has 0 unspecified atom stereocenters. The molecular weight excluding hydrogens is 240 g/mol. The predicted octanol–water partition coefficient (Wildman–Crippen LogP) is 1.65. The summed E-state index contributed by atoms with van der Waals surface area (Å²) in [5, 5.41) is 2.89. The minimum atomic E-state index is -0.604. The summed E-state index contributed by atoms with van der Waals surface area (Å²) in [6.45, 7) is 0.188. The third-order valence-corrected chi connectivity index (χ3v) is 2.26. The number of nitrogens with zero attached hydrogens (tertiary/aromatic N) is 2. The molecule has 0 spiro atoms. The Hall–Kier alpha value is -2.28. The van der Waals surface area contributed by atoms with E-state index in [1.807, 2.05) is 0 Å². The minimum Gasteiger partial charge on any atom is -0.366 e. The molecule has 0 aliphatic rings. The van der Waals surface area contributed by atoms with Crippen LogP contribution in [0.2, 0.25) is 0 Å². The lowest BCUT2D eigenvalue weighted by Gasteiger charge is -2.07. The van der Waals surface area contributed by atoms with E-state index in [9.17, 15) is 8.78 Å². The van der Waals surface area contributed by atoms with E-state index in [1.54, 1.807) is 6.07 Å². The molecule has 0 bridgehead atoms. The lowest BCUT2D eigenvalue weighted by atomic mass is 10.2. The highest BCUT2D eigenvalue weighted by atomic mass is 19.1. The van der Waals surface area contributed by atoms with E-state index in [4.69, 9.17) is 5.84 Å². The number of nitrogens with one attached hydrogen (secondary N) is 2. The fourth-order valence-corrected chi connectivity index (χ4v) is 1.38. The highest BCUT2D eigenvalue weighted by Crippen LogP contribution is 2.12. The highest BCUT2D eigenvalue weighted by Gasteiger charge is 2.04. The number of hydrogen-bond donors (Lipinski definition) is 3. The fraction of sp³-hybridized carbons (Fsp3) is 0.0909. The van der Waals surface area contributed by atoms with Crippen molar-refractivity contribution in [3.63, 3.8) is 0 Å². The molecule has 1 aromatic heterocycles. The second-order valence-electron chi connectivity index (χ2n) is 3.50. The third-order valence-electron chi connectivity index (χ3n) is 2.26. The van der Waals surface area contributed by atoms with Gasteiger partial charge in [-0.25, -0.2) is 19.6 Å². The zero-order valence-corrected chi connectivity index (χ0v) is 9.32. The monoisotopic (exact) mass is 251 g/mol. The van der Waals surface area contributed by atoms with Gasteiger partial charge in [0.1, 0.15) is 17.5 Å². The summed E-state index contributed by atoms with van der Waals surface area (Å²) in [5.74, 6) is 4.69. The van der Waals surface area contributed by atoms with Gasteiger partial charge in [-0.1, -0.05) is 6.07 Å².